The van der Waals surface area contributed by atoms with Gasteiger partial charge in [0.05, 0.1) is 17.0 Å². The van der Waals surface area contributed by atoms with Crippen molar-refractivity contribution in [2.75, 3.05) is 12.0 Å². The van der Waals surface area contributed by atoms with Gasteiger partial charge in [-0.1, -0.05) is 6.08 Å². The number of nitrogens with zero attached hydrogens (tertiary/aromatic N) is 3. The van der Waals surface area contributed by atoms with E-state index in [0.717, 1.165) is 11.9 Å². The Morgan fingerprint density at radius 2 is 2.16 bits per heavy atom. The van der Waals surface area contributed by atoms with Crippen LogP contribution >= 0.6 is 0 Å². The fraction of sp³-hybridized carbons (Fsp3) is 0.182. The van der Waals surface area contributed by atoms with E-state index in [1.54, 1.807) is 6.07 Å². The smallest absolute Gasteiger partial charge is 0.248 e. The number of hydrogen-bond acceptors (Lipinski definition) is 6. The average Bonchev–Trinajstić information content (AvgIpc) is 2.76. The highest BCUT2D eigenvalue weighted by atomic mass is 32.2. The van der Waals surface area contributed by atoms with Gasteiger partial charge < -0.3 is 5.73 Å². The molecular formula is C11H13N5O2S. The number of nitrogen functional groups attached to an aromatic ring is 1. The molecule has 0 aliphatic carbocycles. The van der Waals surface area contributed by atoms with Crippen LogP contribution in [0.15, 0.2) is 23.5 Å². The van der Waals surface area contributed by atoms with E-state index in [9.17, 15) is 8.42 Å². The van der Waals surface area contributed by atoms with E-state index in [1.165, 1.54) is 6.20 Å². The molecule has 0 fully saturated rings. The lowest BCUT2D eigenvalue weighted by Gasteiger charge is -2.02. The lowest BCUT2D eigenvalue weighted by Crippen LogP contribution is -2.07. The van der Waals surface area contributed by atoms with E-state index in [-0.39, 0.29) is 11.0 Å². The molecule has 0 saturated carbocycles. The van der Waals surface area contributed by atoms with Crippen LogP contribution in [0.3, 0.4) is 0 Å². The molecule has 7 nitrogen and oxygen atoms in total. The minimum absolute atomic E-state index is 0.0777. The zero-order valence-electron chi connectivity index (χ0n) is 10.5. The lowest BCUT2D eigenvalue weighted by atomic mass is 10.2. The highest BCUT2D eigenvalue weighted by Crippen LogP contribution is 2.23. The number of sulfone groups is 1. The zero-order chi connectivity index (χ0) is 14.0. The van der Waals surface area contributed by atoms with Crippen molar-refractivity contribution in [1.82, 2.24) is 20.2 Å². The van der Waals surface area contributed by atoms with Crippen molar-refractivity contribution >= 4 is 21.7 Å². The molecule has 0 amide bonds. The average molecular weight is 279 g/mol. The first kappa shape index (κ1) is 13.2. The highest BCUT2D eigenvalue weighted by Gasteiger charge is 2.15. The van der Waals surface area contributed by atoms with Crippen LogP contribution in [0, 0.1) is 0 Å². The number of aromatic amines is 1. The molecule has 0 radical (unpaired) electrons. The summed E-state index contributed by atoms with van der Waals surface area (Å²) < 4.78 is 22.6. The molecule has 2 aromatic rings. The van der Waals surface area contributed by atoms with Crippen LogP contribution in [-0.4, -0.2) is 34.8 Å². The van der Waals surface area contributed by atoms with E-state index >= 15 is 0 Å². The van der Waals surface area contributed by atoms with Crippen molar-refractivity contribution in [1.29, 1.82) is 0 Å². The maximum absolute atomic E-state index is 11.3. The first-order valence-corrected chi connectivity index (χ1v) is 7.32. The molecule has 2 aromatic heterocycles. The molecule has 0 atom stereocenters. The Morgan fingerprint density at radius 1 is 1.42 bits per heavy atom. The molecule has 100 valence electrons. The first-order valence-electron chi connectivity index (χ1n) is 5.43. The van der Waals surface area contributed by atoms with Crippen molar-refractivity contribution < 1.29 is 8.42 Å². The van der Waals surface area contributed by atoms with E-state index in [4.69, 9.17) is 5.73 Å². The van der Waals surface area contributed by atoms with Crippen LogP contribution in [0.1, 0.15) is 12.6 Å². The third-order valence-electron chi connectivity index (χ3n) is 2.35. The number of nitrogens with two attached hydrogens (primary N) is 1. The van der Waals surface area contributed by atoms with Crippen LogP contribution in [0.2, 0.25) is 0 Å². The number of nitrogens with one attached hydrogen (secondary N) is 1. The van der Waals surface area contributed by atoms with Crippen LogP contribution < -0.4 is 5.73 Å². The molecule has 0 bridgehead atoms. The molecule has 0 aromatic carbocycles. The topological polar surface area (TPSA) is 115 Å². The standard InChI is InChI=1S/C11H13N5O2S/c1-3-4-7-5-9(16-15-7)8-6-13-11(14-10(8)12)19(2,17)18/h3-6H,1-2H3,(H,15,16)(H2,12,13,14). The van der Waals surface area contributed by atoms with Crippen LogP contribution in [0.4, 0.5) is 5.82 Å². The van der Waals surface area contributed by atoms with Gasteiger partial charge in [0.1, 0.15) is 5.82 Å². The van der Waals surface area contributed by atoms with Gasteiger partial charge >= 0.3 is 0 Å². The predicted molar refractivity (Wildman–Crippen MR) is 71.8 cm³/mol. The summed E-state index contributed by atoms with van der Waals surface area (Å²) in [7, 11) is -3.47. The highest BCUT2D eigenvalue weighted by molar-refractivity contribution is 7.90. The molecular weight excluding hydrogens is 266 g/mol. The Bertz CT molecular complexity index is 733. The number of anilines is 1. The van der Waals surface area contributed by atoms with Crippen molar-refractivity contribution in [3.63, 3.8) is 0 Å². The molecule has 0 saturated heterocycles. The van der Waals surface area contributed by atoms with Gasteiger partial charge in [0.25, 0.3) is 0 Å². The van der Waals surface area contributed by atoms with Crippen LogP contribution in [-0.2, 0) is 9.84 Å². The second-order valence-electron chi connectivity index (χ2n) is 3.93. The minimum atomic E-state index is -3.47. The Balaban J connectivity index is 2.46. The molecule has 2 heterocycles. The summed E-state index contributed by atoms with van der Waals surface area (Å²) >= 11 is 0. The Hall–Kier alpha value is -2.22. The summed E-state index contributed by atoms with van der Waals surface area (Å²) in [6.45, 7) is 1.89. The summed E-state index contributed by atoms with van der Waals surface area (Å²) in [6, 6.07) is 1.77. The van der Waals surface area contributed by atoms with Crippen LogP contribution in [0.25, 0.3) is 17.3 Å². The van der Waals surface area contributed by atoms with E-state index in [1.807, 2.05) is 19.1 Å². The fourth-order valence-electron chi connectivity index (χ4n) is 1.49. The molecule has 19 heavy (non-hydrogen) atoms. The van der Waals surface area contributed by atoms with Crippen molar-refractivity contribution in [2.45, 2.75) is 12.1 Å². The molecule has 2 rings (SSSR count). The fourth-order valence-corrected chi connectivity index (χ4v) is 2.00. The second kappa shape index (κ2) is 4.81. The number of H-pyrrole nitrogens is 1. The Labute approximate surface area is 110 Å². The van der Waals surface area contributed by atoms with Gasteiger partial charge in [-0.3, -0.25) is 5.10 Å². The van der Waals surface area contributed by atoms with Crippen LogP contribution in [0.5, 0.6) is 0 Å². The lowest BCUT2D eigenvalue weighted by molar-refractivity contribution is 0.593. The number of aromatic nitrogens is 4. The van der Waals surface area contributed by atoms with E-state index in [2.05, 4.69) is 20.2 Å². The summed E-state index contributed by atoms with van der Waals surface area (Å²) in [5.41, 5.74) is 7.60. The van der Waals surface area contributed by atoms with Gasteiger partial charge in [-0.25, -0.2) is 18.4 Å². The first-order chi connectivity index (χ1) is 8.91. The van der Waals surface area contributed by atoms with E-state index in [0.29, 0.717) is 11.3 Å². The molecule has 3 N–H and O–H groups in total. The van der Waals surface area contributed by atoms with Gasteiger partial charge in [0, 0.05) is 12.5 Å². The molecule has 0 unspecified atom stereocenters. The van der Waals surface area contributed by atoms with Gasteiger partial charge in [0.15, 0.2) is 0 Å². The number of rotatable bonds is 3. The maximum Gasteiger partial charge on any atom is 0.248 e. The quantitative estimate of drug-likeness (QED) is 0.806. The maximum atomic E-state index is 11.3. The number of allylic oxidation sites excluding steroid dienone is 1. The molecule has 0 aliphatic heterocycles. The molecule has 0 aliphatic rings. The Morgan fingerprint density at radius 3 is 2.74 bits per heavy atom. The largest absolute Gasteiger partial charge is 0.383 e. The summed E-state index contributed by atoms with van der Waals surface area (Å²) in [6.07, 6.45) is 6.09. The van der Waals surface area contributed by atoms with Crippen molar-refractivity contribution in [2.24, 2.45) is 0 Å². The molecule has 8 heteroatoms. The summed E-state index contributed by atoms with van der Waals surface area (Å²) in [5.74, 6) is 0.0777. The van der Waals surface area contributed by atoms with Crippen molar-refractivity contribution in [3.05, 3.63) is 24.0 Å². The third kappa shape index (κ3) is 2.79. The predicted octanol–water partition coefficient (Wildman–Crippen LogP) is 0.885. The monoisotopic (exact) mass is 279 g/mol. The van der Waals surface area contributed by atoms with E-state index < -0.39 is 9.84 Å². The van der Waals surface area contributed by atoms with Gasteiger partial charge in [-0.2, -0.15) is 5.10 Å². The zero-order valence-corrected chi connectivity index (χ0v) is 11.3. The van der Waals surface area contributed by atoms with Gasteiger partial charge in [-0.15, -0.1) is 0 Å². The van der Waals surface area contributed by atoms with Crippen molar-refractivity contribution in [3.8, 4) is 11.3 Å². The van der Waals surface area contributed by atoms with Gasteiger partial charge in [-0.05, 0) is 19.1 Å². The summed E-state index contributed by atoms with van der Waals surface area (Å²) in [4.78, 5) is 7.57. The molecule has 0 spiro atoms. The SMILES string of the molecule is CC=Cc1cc(-c2cnc(S(C)(=O)=O)nc2N)n[nH]1. The summed E-state index contributed by atoms with van der Waals surface area (Å²) in [5, 5.41) is 6.59. The minimum Gasteiger partial charge on any atom is -0.383 e. The third-order valence-corrected chi connectivity index (χ3v) is 3.21. The normalized spacial score (nSPS) is 12.1. The second-order valence-corrected chi connectivity index (χ2v) is 5.84. The number of hydrogen-bond donors (Lipinski definition) is 2. The van der Waals surface area contributed by atoms with Gasteiger partial charge in [0.2, 0.25) is 15.0 Å². The Kier molecular flexibility index (Phi) is 3.34.